The zero-order valence-electron chi connectivity index (χ0n) is 14.1. The van der Waals surface area contributed by atoms with Gasteiger partial charge >= 0.3 is 0 Å². The van der Waals surface area contributed by atoms with Gasteiger partial charge in [0, 0.05) is 30.8 Å². The van der Waals surface area contributed by atoms with Crippen molar-refractivity contribution in [3.63, 3.8) is 0 Å². The van der Waals surface area contributed by atoms with Crippen LogP contribution in [0.2, 0.25) is 5.02 Å². The second kappa shape index (κ2) is 5.77. The minimum absolute atomic E-state index is 0.817. The number of rotatable bonds is 1. The lowest BCUT2D eigenvalue weighted by molar-refractivity contribution is 1.49. The van der Waals surface area contributed by atoms with Gasteiger partial charge in [0.1, 0.15) is 5.01 Å². The van der Waals surface area contributed by atoms with Crippen molar-refractivity contribution < 1.29 is 0 Å². The molecule has 0 N–H and O–H groups in total. The quantitative estimate of drug-likeness (QED) is 0.271. The average molecular weight is 402 g/mol. The number of hydrogen-bond acceptors (Lipinski definition) is 3. The van der Waals surface area contributed by atoms with Gasteiger partial charge in [-0.05, 0) is 41.1 Å². The Bertz CT molecular complexity index is 1490. The Balaban J connectivity index is 1.59. The predicted molar refractivity (Wildman–Crippen MR) is 120 cm³/mol. The molecule has 0 radical (unpaired) electrons. The lowest BCUT2D eigenvalue weighted by Gasteiger charge is -2.00. The molecule has 27 heavy (non-hydrogen) atoms. The van der Waals surface area contributed by atoms with Crippen LogP contribution in [-0.4, -0.2) is 4.98 Å². The van der Waals surface area contributed by atoms with E-state index in [4.69, 9.17) is 16.6 Å². The molecule has 2 heterocycles. The average Bonchev–Trinajstić information content (AvgIpc) is 3.26. The standard InChI is InChI=1S/C23H12ClNS2/c24-17-6-3-7-19-22(17)16-11-21-18(12-20(16)26-19)25-23(27-21)15-9-8-13-4-1-2-5-14(13)10-15/h1-12H. The van der Waals surface area contributed by atoms with Crippen molar-refractivity contribution in [1.29, 1.82) is 0 Å². The molecule has 1 nitrogen and oxygen atoms in total. The minimum atomic E-state index is 0.817. The largest absolute Gasteiger partial charge is 0.236 e. The third-order valence-corrected chi connectivity index (χ3v) is 7.45. The van der Waals surface area contributed by atoms with Crippen molar-refractivity contribution in [2.75, 3.05) is 0 Å². The van der Waals surface area contributed by atoms with Gasteiger partial charge in [0.15, 0.2) is 0 Å². The van der Waals surface area contributed by atoms with Crippen molar-refractivity contribution >= 4 is 75.4 Å². The molecular formula is C23H12ClNS2. The summed E-state index contributed by atoms with van der Waals surface area (Å²) in [6.07, 6.45) is 0. The van der Waals surface area contributed by atoms with Gasteiger partial charge in [-0.25, -0.2) is 4.98 Å². The van der Waals surface area contributed by atoms with Gasteiger partial charge in [0.25, 0.3) is 0 Å². The number of benzene rings is 4. The highest BCUT2D eigenvalue weighted by Gasteiger charge is 2.13. The van der Waals surface area contributed by atoms with Gasteiger partial charge in [0.05, 0.1) is 10.2 Å². The lowest BCUT2D eigenvalue weighted by atomic mass is 10.1. The summed E-state index contributed by atoms with van der Waals surface area (Å²) in [4.78, 5) is 4.92. The first kappa shape index (κ1) is 15.6. The minimum Gasteiger partial charge on any atom is -0.236 e. The summed E-state index contributed by atoms with van der Waals surface area (Å²) in [5.41, 5.74) is 2.22. The summed E-state index contributed by atoms with van der Waals surface area (Å²) in [5.74, 6) is 0. The highest BCUT2D eigenvalue weighted by molar-refractivity contribution is 7.26. The smallest absolute Gasteiger partial charge is 0.124 e. The van der Waals surface area contributed by atoms with Gasteiger partial charge < -0.3 is 0 Å². The van der Waals surface area contributed by atoms with Crippen molar-refractivity contribution in [3.05, 3.63) is 77.8 Å². The Hall–Kier alpha value is -2.46. The van der Waals surface area contributed by atoms with Crippen LogP contribution >= 0.6 is 34.3 Å². The first-order valence-corrected chi connectivity index (χ1v) is 10.7. The topological polar surface area (TPSA) is 12.9 Å². The van der Waals surface area contributed by atoms with E-state index in [9.17, 15) is 0 Å². The number of halogens is 1. The normalized spacial score (nSPS) is 11.9. The van der Waals surface area contributed by atoms with Gasteiger partial charge in [0.2, 0.25) is 0 Å². The van der Waals surface area contributed by atoms with E-state index in [-0.39, 0.29) is 0 Å². The maximum atomic E-state index is 6.48. The van der Waals surface area contributed by atoms with Gasteiger partial charge in [-0.15, -0.1) is 22.7 Å². The molecule has 0 atom stereocenters. The first-order chi connectivity index (χ1) is 13.3. The molecule has 0 bridgehead atoms. The van der Waals surface area contributed by atoms with Crippen LogP contribution in [0.1, 0.15) is 0 Å². The monoisotopic (exact) mass is 401 g/mol. The molecule has 6 rings (SSSR count). The molecule has 2 aromatic heterocycles. The Morgan fingerprint density at radius 3 is 2.52 bits per heavy atom. The first-order valence-electron chi connectivity index (χ1n) is 8.67. The maximum Gasteiger partial charge on any atom is 0.124 e. The summed E-state index contributed by atoms with van der Waals surface area (Å²) >= 11 is 10.00. The SMILES string of the molecule is Clc1cccc2sc3cc4nc(-c5ccc6ccccc6c5)sc4cc3c12. The Labute approximate surface area is 168 Å². The molecular weight excluding hydrogens is 390 g/mol. The second-order valence-electron chi connectivity index (χ2n) is 6.61. The summed E-state index contributed by atoms with van der Waals surface area (Å²) in [7, 11) is 0. The van der Waals surface area contributed by atoms with E-state index >= 15 is 0 Å². The third kappa shape index (κ3) is 2.39. The van der Waals surface area contributed by atoms with Gasteiger partial charge in [-0.2, -0.15) is 0 Å². The number of thiophene rings is 1. The van der Waals surface area contributed by atoms with Gasteiger partial charge in [-0.3, -0.25) is 0 Å². The molecule has 0 spiro atoms. The maximum absolute atomic E-state index is 6.48. The summed E-state index contributed by atoms with van der Waals surface area (Å²) < 4.78 is 3.66. The van der Waals surface area contributed by atoms with E-state index < -0.39 is 0 Å². The summed E-state index contributed by atoms with van der Waals surface area (Å²) in [5, 5.41) is 6.75. The molecule has 0 aliphatic rings. The molecule has 6 aromatic rings. The number of fused-ring (bicyclic) bond motifs is 5. The molecule has 128 valence electrons. The molecule has 0 fully saturated rings. The highest BCUT2D eigenvalue weighted by atomic mass is 35.5. The zero-order valence-corrected chi connectivity index (χ0v) is 16.5. The molecule has 4 heteroatoms. The van der Waals surface area contributed by atoms with Crippen LogP contribution in [0.25, 0.3) is 51.7 Å². The van der Waals surface area contributed by atoms with Crippen LogP contribution in [0, 0.1) is 0 Å². The van der Waals surface area contributed by atoms with E-state index in [0.717, 1.165) is 20.9 Å². The van der Waals surface area contributed by atoms with Crippen LogP contribution in [0.3, 0.4) is 0 Å². The van der Waals surface area contributed by atoms with Crippen LogP contribution in [0.4, 0.5) is 0 Å². The van der Waals surface area contributed by atoms with Crippen molar-refractivity contribution in [2.24, 2.45) is 0 Å². The van der Waals surface area contributed by atoms with Crippen molar-refractivity contribution in [2.45, 2.75) is 0 Å². The van der Waals surface area contributed by atoms with Crippen LogP contribution in [0.15, 0.2) is 72.8 Å². The number of hydrogen-bond donors (Lipinski definition) is 0. The zero-order chi connectivity index (χ0) is 18.0. The van der Waals surface area contributed by atoms with Crippen molar-refractivity contribution in [1.82, 2.24) is 4.98 Å². The van der Waals surface area contributed by atoms with E-state index in [0.29, 0.717) is 0 Å². The van der Waals surface area contributed by atoms with E-state index in [1.807, 2.05) is 12.1 Å². The number of nitrogens with zero attached hydrogens (tertiary/aromatic N) is 1. The Morgan fingerprint density at radius 1 is 0.704 bits per heavy atom. The van der Waals surface area contributed by atoms with E-state index in [1.165, 1.54) is 35.8 Å². The Morgan fingerprint density at radius 2 is 1.59 bits per heavy atom. The molecule has 0 amide bonds. The molecule has 0 aliphatic heterocycles. The second-order valence-corrected chi connectivity index (χ2v) is 9.13. The fourth-order valence-electron chi connectivity index (χ4n) is 3.65. The van der Waals surface area contributed by atoms with Crippen LogP contribution in [0.5, 0.6) is 0 Å². The number of thiazole rings is 1. The molecule has 4 aromatic carbocycles. The van der Waals surface area contributed by atoms with E-state index in [1.54, 1.807) is 22.7 Å². The molecule has 0 saturated carbocycles. The molecule has 0 unspecified atom stereocenters. The van der Waals surface area contributed by atoms with Crippen molar-refractivity contribution in [3.8, 4) is 10.6 Å². The summed E-state index contributed by atoms with van der Waals surface area (Å²) in [6, 6.07) is 25.6. The van der Waals surface area contributed by atoms with E-state index in [2.05, 4.69) is 60.7 Å². The highest BCUT2D eigenvalue weighted by Crippen LogP contribution is 2.41. The lowest BCUT2D eigenvalue weighted by Crippen LogP contribution is -1.77. The predicted octanol–water partition coefficient (Wildman–Crippen LogP) is 8.14. The summed E-state index contributed by atoms with van der Waals surface area (Å²) in [6.45, 7) is 0. The fraction of sp³-hybridized carbons (Fsp3) is 0. The fourth-order valence-corrected chi connectivity index (χ4v) is 6.11. The molecule has 0 aliphatic carbocycles. The van der Waals surface area contributed by atoms with Crippen LogP contribution in [-0.2, 0) is 0 Å². The third-order valence-electron chi connectivity index (χ3n) is 4.95. The van der Waals surface area contributed by atoms with Crippen LogP contribution < -0.4 is 0 Å². The molecule has 0 saturated heterocycles. The Kier molecular flexibility index (Phi) is 3.33. The van der Waals surface area contributed by atoms with Gasteiger partial charge in [-0.1, -0.05) is 54.1 Å². The number of aromatic nitrogens is 1.